The van der Waals surface area contributed by atoms with Gasteiger partial charge >= 0.3 is 0 Å². The van der Waals surface area contributed by atoms with Crippen LogP contribution in [0.1, 0.15) is 29.4 Å². The lowest BCUT2D eigenvalue weighted by atomic mass is 9.82. The molecule has 10 rings (SSSR count). The van der Waals surface area contributed by atoms with E-state index in [1.807, 2.05) is 11.8 Å². The molecule has 0 amide bonds. The molecule has 0 saturated carbocycles. The molecular weight excluding hydrogens is 593 g/mol. The molecule has 3 heterocycles. The molecule has 0 bridgehead atoms. The fraction of sp³-hybridized carbons (Fsp3) is 0.143. The van der Waals surface area contributed by atoms with Crippen LogP contribution in [0.4, 0.5) is 22.7 Å². The highest BCUT2D eigenvalue weighted by Gasteiger charge is 2.44. The topological polar surface area (TPSA) is 6.48 Å². The Morgan fingerprint density at radius 1 is 0.739 bits per heavy atom. The molecule has 4 aromatic rings. The molecule has 5 unspecified atom stereocenters. The summed E-state index contributed by atoms with van der Waals surface area (Å²) in [5, 5.41) is 1.61. The number of benzene rings is 4. The summed E-state index contributed by atoms with van der Waals surface area (Å²) in [4.78, 5) is 8.16. The number of hydrogen-bond donors (Lipinski definition) is 0. The van der Waals surface area contributed by atoms with Crippen LogP contribution < -0.4 is 9.80 Å². The third kappa shape index (κ3) is 3.96. The number of thioether (sulfide) groups is 1. The Bertz CT molecular complexity index is 2070. The highest BCUT2D eigenvalue weighted by Crippen LogP contribution is 2.60. The van der Waals surface area contributed by atoms with Gasteiger partial charge in [-0.05, 0) is 71.1 Å². The molecule has 5 atom stereocenters. The van der Waals surface area contributed by atoms with Crippen LogP contribution in [0.15, 0.2) is 178 Å². The quantitative estimate of drug-likeness (QED) is 0.209. The minimum atomic E-state index is 0.252. The van der Waals surface area contributed by atoms with Crippen molar-refractivity contribution in [1.29, 1.82) is 0 Å². The van der Waals surface area contributed by atoms with Crippen LogP contribution in [0.5, 0.6) is 0 Å². The van der Waals surface area contributed by atoms with Gasteiger partial charge in [0.2, 0.25) is 0 Å². The molecular formula is C42H32N2SSi. The Kier molecular flexibility index (Phi) is 6.10. The molecule has 2 radical (unpaired) electrons. The number of rotatable bonds is 4. The zero-order valence-corrected chi connectivity index (χ0v) is 27.1. The van der Waals surface area contributed by atoms with Gasteiger partial charge in [0.15, 0.2) is 0 Å². The smallest absolute Gasteiger partial charge is 0.0894 e. The molecule has 4 aromatic carbocycles. The Hall–Kier alpha value is -4.51. The van der Waals surface area contributed by atoms with E-state index in [2.05, 4.69) is 162 Å². The van der Waals surface area contributed by atoms with Gasteiger partial charge < -0.3 is 9.80 Å². The van der Waals surface area contributed by atoms with Crippen molar-refractivity contribution >= 4 is 44.0 Å². The number of para-hydroxylation sites is 3. The zero-order chi connectivity index (χ0) is 30.2. The first-order chi connectivity index (χ1) is 22.8. The van der Waals surface area contributed by atoms with Gasteiger partial charge in [-0.25, -0.2) is 0 Å². The zero-order valence-electron chi connectivity index (χ0n) is 25.3. The van der Waals surface area contributed by atoms with E-state index in [9.17, 15) is 0 Å². The Morgan fingerprint density at radius 2 is 1.52 bits per heavy atom. The standard InChI is InChI=1S/C42H32N2SSi/c1-3-12-27(13-4-1)43(36-20-11-18-32-30-16-7-9-19-35(30)44(41(32)36)28-14-5-2-6-15-28)29-22-23-34-39(26-29)46-38-25-24-33-31-17-8-10-21-37(31)45-42(33)40(34)38/h1-23,25-26,30,33-35,39H,24H2. The van der Waals surface area contributed by atoms with E-state index in [1.165, 1.54) is 44.5 Å². The van der Waals surface area contributed by atoms with Crippen molar-refractivity contribution in [3.63, 3.8) is 0 Å². The summed E-state index contributed by atoms with van der Waals surface area (Å²) in [6, 6.07) is 38.1. The maximum Gasteiger partial charge on any atom is 0.0894 e. The van der Waals surface area contributed by atoms with E-state index < -0.39 is 0 Å². The first-order valence-corrected chi connectivity index (χ1v) is 18.3. The predicted molar refractivity (Wildman–Crippen MR) is 193 cm³/mol. The predicted octanol–water partition coefficient (Wildman–Crippen LogP) is 10.6. The van der Waals surface area contributed by atoms with E-state index in [0.29, 0.717) is 23.3 Å². The summed E-state index contributed by atoms with van der Waals surface area (Å²) in [5.74, 6) is 1.30. The second kappa shape index (κ2) is 10.5. The van der Waals surface area contributed by atoms with E-state index >= 15 is 0 Å². The first-order valence-electron chi connectivity index (χ1n) is 16.4. The van der Waals surface area contributed by atoms with Crippen molar-refractivity contribution in [2.75, 3.05) is 9.80 Å². The molecule has 6 aliphatic rings. The van der Waals surface area contributed by atoms with Crippen LogP contribution in [0.2, 0.25) is 5.54 Å². The first kappa shape index (κ1) is 26.7. The molecule has 3 aliphatic heterocycles. The van der Waals surface area contributed by atoms with E-state index in [0.717, 1.165) is 15.9 Å². The maximum absolute atomic E-state index is 2.60. The SMILES string of the molecule is C1=CC2c3cccc(N(C4=CC5[Si]C6=CCC7C(=C6C5C=C4)Sc4ccccc47)c4ccccc4)c3N(c3ccccc3)C2C=C1. The van der Waals surface area contributed by atoms with Gasteiger partial charge in [0.05, 0.1) is 26.9 Å². The minimum Gasteiger partial charge on any atom is -0.332 e. The summed E-state index contributed by atoms with van der Waals surface area (Å²) in [6.07, 6.45) is 20.4. The van der Waals surface area contributed by atoms with Gasteiger partial charge in [-0.15, -0.1) is 0 Å². The molecule has 3 aliphatic carbocycles. The van der Waals surface area contributed by atoms with Crippen LogP contribution in [-0.2, 0) is 0 Å². The Labute approximate surface area is 277 Å². The summed E-state index contributed by atoms with van der Waals surface area (Å²) in [5.41, 5.74) is 11.3. The van der Waals surface area contributed by atoms with E-state index in [4.69, 9.17) is 0 Å². The molecule has 0 aromatic heterocycles. The molecule has 46 heavy (non-hydrogen) atoms. The van der Waals surface area contributed by atoms with Gasteiger partial charge in [0.1, 0.15) is 0 Å². The van der Waals surface area contributed by atoms with Crippen molar-refractivity contribution in [2.24, 2.45) is 5.92 Å². The van der Waals surface area contributed by atoms with Crippen LogP contribution in [0, 0.1) is 5.92 Å². The normalized spacial score (nSPS) is 26.1. The van der Waals surface area contributed by atoms with Crippen molar-refractivity contribution in [2.45, 2.75) is 34.7 Å². The second-order valence-corrected chi connectivity index (χ2v) is 15.4. The second-order valence-electron chi connectivity index (χ2n) is 12.8. The Morgan fingerprint density at radius 3 is 2.41 bits per heavy atom. The maximum atomic E-state index is 2.60. The lowest BCUT2D eigenvalue weighted by Gasteiger charge is -2.35. The summed E-state index contributed by atoms with van der Waals surface area (Å²) >= 11 is 2.04. The van der Waals surface area contributed by atoms with Crippen LogP contribution in [0.3, 0.4) is 0 Å². The van der Waals surface area contributed by atoms with Crippen molar-refractivity contribution < 1.29 is 0 Å². The summed E-state index contributed by atoms with van der Waals surface area (Å²) < 4.78 is 0. The van der Waals surface area contributed by atoms with Gasteiger partial charge in [0.25, 0.3) is 0 Å². The average molecular weight is 625 g/mol. The molecule has 0 N–H and O–H groups in total. The van der Waals surface area contributed by atoms with Crippen LogP contribution in [-0.4, -0.2) is 15.6 Å². The fourth-order valence-corrected chi connectivity index (χ4v) is 11.7. The van der Waals surface area contributed by atoms with Crippen molar-refractivity contribution in [1.82, 2.24) is 0 Å². The van der Waals surface area contributed by atoms with Crippen LogP contribution in [0.25, 0.3) is 0 Å². The molecule has 0 spiro atoms. The number of allylic oxidation sites excluding steroid dienone is 9. The summed E-state index contributed by atoms with van der Waals surface area (Å²) in [6.45, 7) is 0. The van der Waals surface area contributed by atoms with Gasteiger partial charge in [0, 0.05) is 44.6 Å². The van der Waals surface area contributed by atoms with E-state index in [1.54, 1.807) is 15.7 Å². The van der Waals surface area contributed by atoms with Gasteiger partial charge in [-0.1, -0.05) is 126 Å². The third-order valence-electron chi connectivity index (χ3n) is 10.4. The largest absolute Gasteiger partial charge is 0.332 e. The highest BCUT2D eigenvalue weighted by molar-refractivity contribution is 8.03. The minimum absolute atomic E-state index is 0.252. The lowest BCUT2D eigenvalue weighted by molar-refractivity contribution is 0.744. The molecule has 1 fully saturated rings. The molecule has 220 valence electrons. The lowest BCUT2D eigenvalue weighted by Crippen LogP contribution is -2.29. The van der Waals surface area contributed by atoms with Crippen LogP contribution >= 0.6 is 11.8 Å². The number of nitrogens with zero attached hydrogens (tertiary/aromatic N) is 2. The molecule has 4 heteroatoms. The number of hydrogen-bond acceptors (Lipinski definition) is 3. The Balaban J connectivity index is 1.10. The third-order valence-corrected chi connectivity index (χ3v) is 13.4. The monoisotopic (exact) mass is 624 g/mol. The number of fused-ring (bicyclic) bond motifs is 9. The average Bonchev–Trinajstić information content (AvgIpc) is 3.79. The van der Waals surface area contributed by atoms with Crippen molar-refractivity contribution in [3.05, 3.63) is 184 Å². The molecule has 2 nitrogen and oxygen atoms in total. The van der Waals surface area contributed by atoms with Gasteiger partial charge in [-0.2, -0.15) is 0 Å². The van der Waals surface area contributed by atoms with Gasteiger partial charge in [-0.3, -0.25) is 0 Å². The molecule has 1 saturated heterocycles. The number of anilines is 4. The van der Waals surface area contributed by atoms with E-state index in [-0.39, 0.29) is 6.04 Å². The highest BCUT2D eigenvalue weighted by atomic mass is 32.2. The van der Waals surface area contributed by atoms with Crippen molar-refractivity contribution in [3.8, 4) is 0 Å². The fourth-order valence-electron chi connectivity index (χ4n) is 8.46. The summed E-state index contributed by atoms with van der Waals surface area (Å²) in [7, 11) is 0.802.